The van der Waals surface area contributed by atoms with E-state index in [1.165, 1.54) is 71.0 Å². The van der Waals surface area contributed by atoms with Crippen LogP contribution in [0.1, 0.15) is 64.2 Å². The first-order valence-electron chi connectivity index (χ1n) is 7.01. The number of unbranched alkanes of at least 4 members (excludes halogenated alkanes) is 7. The zero-order valence-corrected chi connectivity index (χ0v) is 10.5. The quantitative estimate of drug-likeness (QED) is 0.531. The van der Waals surface area contributed by atoms with Gasteiger partial charge < -0.3 is 4.90 Å². The van der Waals surface area contributed by atoms with Gasteiger partial charge in [-0.1, -0.05) is 32.1 Å². The molecule has 2 heteroatoms. The molecule has 0 N–H and O–H groups in total. The van der Waals surface area contributed by atoms with Crippen molar-refractivity contribution in [2.45, 2.75) is 64.2 Å². The van der Waals surface area contributed by atoms with Gasteiger partial charge in [-0.15, -0.1) is 0 Å². The second kappa shape index (κ2) is 9.83. The lowest BCUT2D eigenvalue weighted by molar-refractivity contribution is 0.327. The van der Waals surface area contributed by atoms with E-state index in [0.29, 0.717) is 6.42 Å². The highest BCUT2D eigenvalue weighted by molar-refractivity contribution is 5.50. The molecule has 0 bridgehead atoms. The normalized spacial score (nSPS) is 16.8. The lowest BCUT2D eigenvalue weighted by Crippen LogP contribution is -2.20. The van der Waals surface area contributed by atoms with Gasteiger partial charge in [-0.3, -0.25) is 4.79 Å². The molecule has 2 nitrogen and oxygen atoms in total. The van der Waals surface area contributed by atoms with E-state index in [-0.39, 0.29) is 0 Å². The SMILES string of the molecule is O=[C]CCCCCCCCCN1CCCC1. The molecule has 0 amide bonds. The lowest BCUT2D eigenvalue weighted by Gasteiger charge is -2.13. The molecule has 0 saturated carbocycles. The molecule has 0 aromatic carbocycles. The summed E-state index contributed by atoms with van der Waals surface area (Å²) in [7, 11) is 0. The Hall–Kier alpha value is -0.370. The van der Waals surface area contributed by atoms with Gasteiger partial charge >= 0.3 is 0 Å². The van der Waals surface area contributed by atoms with E-state index in [1.807, 2.05) is 6.29 Å². The third-order valence-electron chi connectivity index (χ3n) is 3.45. The van der Waals surface area contributed by atoms with Gasteiger partial charge in [0.15, 0.2) is 6.29 Å². The zero-order valence-electron chi connectivity index (χ0n) is 10.5. The molecular weight excluding hydrogens is 198 g/mol. The summed E-state index contributed by atoms with van der Waals surface area (Å²) in [4.78, 5) is 12.6. The number of likely N-dealkylation sites (tertiary alicyclic amines) is 1. The van der Waals surface area contributed by atoms with Crippen molar-refractivity contribution in [3.05, 3.63) is 0 Å². The summed E-state index contributed by atoms with van der Waals surface area (Å²) < 4.78 is 0. The van der Waals surface area contributed by atoms with Crippen LogP contribution in [-0.2, 0) is 4.79 Å². The van der Waals surface area contributed by atoms with Crippen LogP contribution in [0.15, 0.2) is 0 Å². The van der Waals surface area contributed by atoms with Crippen molar-refractivity contribution < 1.29 is 4.79 Å². The average molecular weight is 224 g/mol. The average Bonchev–Trinajstić information content (AvgIpc) is 2.80. The topological polar surface area (TPSA) is 20.3 Å². The Bertz CT molecular complexity index is 164. The van der Waals surface area contributed by atoms with Crippen molar-refractivity contribution in [2.75, 3.05) is 19.6 Å². The van der Waals surface area contributed by atoms with Crippen LogP contribution in [-0.4, -0.2) is 30.8 Å². The van der Waals surface area contributed by atoms with E-state index in [0.717, 1.165) is 6.42 Å². The first-order chi connectivity index (χ1) is 7.93. The molecule has 1 aliphatic heterocycles. The third kappa shape index (κ3) is 7.00. The van der Waals surface area contributed by atoms with Gasteiger partial charge in [-0.25, -0.2) is 0 Å². The van der Waals surface area contributed by atoms with Crippen LogP contribution in [0.5, 0.6) is 0 Å². The fourth-order valence-corrected chi connectivity index (χ4v) is 2.42. The van der Waals surface area contributed by atoms with E-state index in [2.05, 4.69) is 4.90 Å². The van der Waals surface area contributed by atoms with E-state index in [4.69, 9.17) is 0 Å². The number of carbonyl (C=O) groups excluding carboxylic acids is 1. The fraction of sp³-hybridized carbons (Fsp3) is 0.929. The Morgan fingerprint density at radius 2 is 1.38 bits per heavy atom. The molecule has 16 heavy (non-hydrogen) atoms. The maximum atomic E-state index is 9.98. The van der Waals surface area contributed by atoms with Crippen LogP contribution >= 0.6 is 0 Å². The van der Waals surface area contributed by atoms with E-state index in [1.54, 1.807) is 0 Å². The number of nitrogens with zero attached hydrogens (tertiary/aromatic N) is 1. The van der Waals surface area contributed by atoms with Crippen LogP contribution in [0.4, 0.5) is 0 Å². The van der Waals surface area contributed by atoms with E-state index >= 15 is 0 Å². The smallest absolute Gasteiger partial charge is 0.198 e. The maximum absolute atomic E-state index is 9.98. The predicted molar refractivity (Wildman–Crippen MR) is 68.3 cm³/mol. The Balaban J connectivity index is 1.72. The van der Waals surface area contributed by atoms with Crippen LogP contribution in [0.2, 0.25) is 0 Å². The maximum Gasteiger partial charge on any atom is 0.198 e. The summed E-state index contributed by atoms with van der Waals surface area (Å²) in [5, 5.41) is 0. The van der Waals surface area contributed by atoms with Crippen molar-refractivity contribution in [1.29, 1.82) is 0 Å². The summed E-state index contributed by atoms with van der Waals surface area (Å²) in [6, 6.07) is 0. The molecule has 0 unspecified atom stereocenters. The minimum Gasteiger partial charge on any atom is -0.303 e. The molecule has 0 aliphatic carbocycles. The molecule has 1 heterocycles. The Morgan fingerprint density at radius 1 is 0.812 bits per heavy atom. The van der Waals surface area contributed by atoms with Crippen molar-refractivity contribution in [3.8, 4) is 0 Å². The molecule has 1 fully saturated rings. The van der Waals surface area contributed by atoms with Gasteiger partial charge in [-0.2, -0.15) is 0 Å². The van der Waals surface area contributed by atoms with Crippen LogP contribution in [0.3, 0.4) is 0 Å². The minimum absolute atomic E-state index is 0.634. The van der Waals surface area contributed by atoms with Gasteiger partial charge in [0.25, 0.3) is 0 Å². The predicted octanol–water partition coefficient (Wildman–Crippen LogP) is 3.31. The van der Waals surface area contributed by atoms with Crippen molar-refractivity contribution in [3.63, 3.8) is 0 Å². The van der Waals surface area contributed by atoms with Crippen LogP contribution in [0, 0.1) is 0 Å². The third-order valence-corrected chi connectivity index (χ3v) is 3.45. The molecule has 0 spiro atoms. The standard InChI is InChI=1S/C14H26NO/c16-14-10-6-4-2-1-3-5-7-11-15-12-8-9-13-15/h1-13H2. The second-order valence-electron chi connectivity index (χ2n) is 4.92. The lowest BCUT2D eigenvalue weighted by atomic mass is 10.1. The monoisotopic (exact) mass is 224 g/mol. The van der Waals surface area contributed by atoms with E-state index in [9.17, 15) is 4.79 Å². The minimum atomic E-state index is 0.634. The summed E-state index contributed by atoms with van der Waals surface area (Å²) in [5.74, 6) is 0. The largest absolute Gasteiger partial charge is 0.303 e. The molecule has 0 aromatic rings. The van der Waals surface area contributed by atoms with Crippen LogP contribution < -0.4 is 0 Å². The van der Waals surface area contributed by atoms with Gasteiger partial charge in [0.1, 0.15) is 0 Å². The van der Waals surface area contributed by atoms with Gasteiger partial charge in [0, 0.05) is 6.42 Å². The fourth-order valence-electron chi connectivity index (χ4n) is 2.42. The first kappa shape index (κ1) is 13.7. The molecule has 0 aromatic heterocycles. The second-order valence-corrected chi connectivity index (χ2v) is 4.92. The molecule has 1 aliphatic rings. The summed E-state index contributed by atoms with van der Waals surface area (Å²) in [5.41, 5.74) is 0. The van der Waals surface area contributed by atoms with Crippen molar-refractivity contribution in [1.82, 2.24) is 4.90 Å². The van der Waals surface area contributed by atoms with Gasteiger partial charge in [0.2, 0.25) is 0 Å². The molecule has 1 rings (SSSR count). The number of hydrogen-bond acceptors (Lipinski definition) is 2. The highest BCUT2D eigenvalue weighted by atomic mass is 16.1. The van der Waals surface area contributed by atoms with Gasteiger partial charge in [0.05, 0.1) is 0 Å². The van der Waals surface area contributed by atoms with Gasteiger partial charge in [-0.05, 0) is 45.3 Å². The molecule has 1 radical (unpaired) electrons. The zero-order chi connectivity index (χ0) is 11.5. The Kier molecular flexibility index (Phi) is 8.41. The number of hydrogen-bond donors (Lipinski definition) is 0. The Labute approximate surface area is 100 Å². The summed E-state index contributed by atoms with van der Waals surface area (Å²) >= 11 is 0. The first-order valence-corrected chi connectivity index (χ1v) is 7.01. The van der Waals surface area contributed by atoms with E-state index < -0.39 is 0 Å². The highest BCUT2D eigenvalue weighted by Gasteiger charge is 2.09. The molecule has 93 valence electrons. The summed E-state index contributed by atoms with van der Waals surface area (Å²) in [6.45, 7) is 3.99. The van der Waals surface area contributed by atoms with Crippen molar-refractivity contribution >= 4 is 6.29 Å². The summed E-state index contributed by atoms with van der Waals surface area (Å²) in [6.07, 6.45) is 14.4. The molecule has 0 atom stereocenters. The highest BCUT2D eigenvalue weighted by Crippen LogP contribution is 2.11. The van der Waals surface area contributed by atoms with Crippen molar-refractivity contribution in [2.24, 2.45) is 0 Å². The Morgan fingerprint density at radius 3 is 2.00 bits per heavy atom. The number of rotatable bonds is 10. The van der Waals surface area contributed by atoms with Crippen LogP contribution in [0.25, 0.3) is 0 Å². The molecule has 1 saturated heterocycles. The molecular formula is C14H26NO.